The molecule has 2 heterocycles. The van der Waals surface area contributed by atoms with Crippen LogP contribution in [-0.4, -0.2) is 55.1 Å². The van der Waals surface area contributed by atoms with E-state index < -0.39 is 0 Å². The summed E-state index contributed by atoms with van der Waals surface area (Å²) in [5.41, 5.74) is 1.82. The molecule has 0 aromatic heterocycles. The van der Waals surface area contributed by atoms with Crippen LogP contribution in [0.5, 0.6) is 0 Å². The fraction of sp³-hybridized carbons (Fsp3) is 0.667. The maximum atomic E-state index is 3.80. The second kappa shape index (κ2) is 6.47. The summed E-state index contributed by atoms with van der Waals surface area (Å²) in [5.74, 6) is 0. The molecule has 2 atom stereocenters. The molecule has 0 amide bonds. The van der Waals surface area contributed by atoms with Crippen LogP contribution in [-0.2, 0) is 0 Å². The zero-order valence-corrected chi connectivity index (χ0v) is 13.5. The molecular formula is C18H29N3. The summed E-state index contributed by atoms with van der Waals surface area (Å²) in [6.45, 7) is 8.23. The molecule has 21 heavy (non-hydrogen) atoms. The number of piperazine rings is 1. The van der Waals surface area contributed by atoms with Gasteiger partial charge in [-0.3, -0.25) is 4.90 Å². The highest BCUT2D eigenvalue weighted by Crippen LogP contribution is 2.30. The van der Waals surface area contributed by atoms with Gasteiger partial charge >= 0.3 is 0 Å². The van der Waals surface area contributed by atoms with Gasteiger partial charge in [0.2, 0.25) is 0 Å². The number of hydrogen-bond donors (Lipinski definition) is 1. The van der Waals surface area contributed by atoms with Gasteiger partial charge in [-0.15, -0.1) is 0 Å². The predicted octanol–water partition coefficient (Wildman–Crippen LogP) is 2.51. The SMILES string of the molecule is CCC1(CN2CCN(C)CC2c2ccccc2)CCCN1. The summed E-state index contributed by atoms with van der Waals surface area (Å²) in [7, 11) is 2.25. The number of benzene rings is 1. The van der Waals surface area contributed by atoms with Crippen LogP contribution in [0.4, 0.5) is 0 Å². The van der Waals surface area contributed by atoms with Crippen molar-refractivity contribution >= 4 is 0 Å². The minimum Gasteiger partial charge on any atom is -0.310 e. The molecule has 1 aromatic carbocycles. The molecule has 3 rings (SSSR count). The molecule has 3 heteroatoms. The average molecular weight is 287 g/mol. The van der Waals surface area contributed by atoms with Gasteiger partial charge in [-0.2, -0.15) is 0 Å². The fourth-order valence-corrected chi connectivity index (χ4v) is 3.94. The number of hydrogen-bond acceptors (Lipinski definition) is 3. The quantitative estimate of drug-likeness (QED) is 0.918. The minimum atomic E-state index is 0.350. The Bertz CT molecular complexity index is 439. The second-order valence-electron chi connectivity index (χ2n) is 6.82. The summed E-state index contributed by atoms with van der Waals surface area (Å²) in [4.78, 5) is 5.19. The maximum Gasteiger partial charge on any atom is 0.0476 e. The van der Waals surface area contributed by atoms with Crippen LogP contribution in [0.2, 0.25) is 0 Å². The summed E-state index contributed by atoms with van der Waals surface area (Å²) in [6.07, 6.45) is 3.90. The Hall–Kier alpha value is -0.900. The Kier molecular flexibility index (Phi) is 4.63. The third kappa shape index (κ3) is 3.31. The first-order valence-corrected chi connectivity index (χ1v) is 8.45. The highest BCUT2D eigenvalue weighted by Gasteiger charge is 2.37. The van der Waals surface area contributed by atoms with Gasteiger partial charge in [0.05, 0.1) is 0 Å². The zero-order valence-electron chi connectivity index (χ0n) is 13.5. The molecule has 0 saturated carbocycles. The lowest BCUT2D eigenvalue weighted by Gasteiger charge is -2.44. The van der Waals surface area contributed by atoms with Crippen molar-refractivity contribution in [2.45, 2.75) is 37.8 Å². The number of nitrogens with one attached hydrogen (secondary N) is 1. The lowest BCUT2D eigenvalue weighted by Crippen LogP contribution is -2.55. The Balaban J connectivity index is 1.78. The first-order chi connectivity index (χ1) is 10.2. The van der Waals surface area contributed by atoms with E-state index in [9.17, 15) is 0 Å². The van der Waals surface area contributed by atoms with Gasteiger partial charge in [0, 0.05) is 37.8 Å². The topological polar surface area (TPSA) is 18.5 Å². The van der Waals surface area contributed by atoms with E-state index in [4.69, 9.17) is 0 Å². The standard InChI is InChI=1S/C18H29N3/c1-3-18(10-7-11-19-18)15-21-13-12-20(2)14-17(21)16-8-5-4-6-9-16/h4-6,8-9,17,19H,3,7,10-15H2,1-2H3. The molecule has 2 unspecified atom stereocenters. The van der Waals surface area contributed by atoms with Crippen LogP contribution in [0.3, 0.4) is 0 Å². The number of likely N-dealkylation sites (N-methyl/N-ethyl adjacent to an activating group) is 1. The molecule has 2 aliphatic rings. The fourth-order valence-electron chi connectivity index (χ4n) is 3.94. The van der Waals surface area contributed by atoms with Crippen molar-refractivity contribution in [3.63, 3.8) is 0 Å². The molecular weight excluding hydrogens is 258 g/mol. The molecule has 0 spiro atoms. The largest absolute Gasteiger partial charge is 0.310 e. The smallest absolute Gasteiger partial charge is 0.0476 e. The molecule has 3 nitrogen and oxygen atoms in total. The molecule has 0 radical (unpaired) electrons. The van der Waals surface area contributed by atoms with E-state index in [-0.39, 0.29) is 0 Å². The molecule has 1 N–H and O–H groups in total. The normalized spacial score (nSPS) is 31.6. The van der Waals surface area contributed by atoms with E-state index in [1.807, 2.05) is 0 Å². The zero-order chi connectivity index (χ0) is 14.7. The van der Waals surface area contributed by atoms with Gasteiger partial charge in [-0.1, -0.05) is 37.3 Å². The van der Waals surface area contributed by atoms with Crippen LogP contribution >= 0.6 is 0 Å². The van der Waals surface area contributed by atoms with Crippen molar-refractivity contribution in [1.29, 1.82) is 0 Å². The molecule has 0 bridgehead atoms. The predicted molar refractivity (Wildman–Crippen MR) is 88.5 cm³/mol. The van der Waals surface area contributed by atoms with Gasteiger partial charge in [0.1, 0.15) is 0 Å². The third-order valence-electron chi connectivity index (χ3n) is 5.39. The molecule has 2 fully saturated rings. The van der Waals surface area contributed by atoms with Crippen molar-refractivity contribution in [3.8, 4) is 0 Å². The van der Waals surface area contributed by atoms with E-state index in [1.165, 1.54) is 51.0 Å². The van der Waals surface area contributed by atoms with Gasteiger partial charge in [0.15, 0.2) is 0 Å². The summed E-state index contributed by atoms with van der Waals surface area (Å²) in [5, 5.41) is 3.80. The monoisotopic (exact) mass is 287 g/mol. The third-order valence-corrected chi connectivity index (χ3v) is 5.39. The van der Waals surface area contributed by atoms with Crippen LogP contribution in [0, 0.1) is 0 Å². The Morgan fingerprint density at radius 2 is 2.05 bits per heavy atom. The highest BCUT2D eigenvalue weighted by molar-refractivity contribution is 5.20. The molecule has 0 aliphatic carbocycles. The molecule has 1 aromatic rings. The van der Waals surface area contributed by atoms with Crippen molar-refractivity contribution in [3.05, 3.63) is 35.9 Å². The Morgan fingerprint density at radius 1 is 1.24 bits per heavy atom. The van der Waals surface area contributed by atoms with Crippen molar-refractivity contribution in [2.75, 3.05) is 39.8 Å². The van der Waals surface area contributed by atoms with Gasteiger partial charge in [-0.05, 0) is 38.4 Å². The van der Waals surface area contributed by atoms with Crippen LogP contribution in [0.15, 0.2) is 30.3 Å². The number of nitrogens with zero attached hydrogens (tertiary/aromatic N) is 2. The summed E-state index contributed by atoms with van der Waals surface area (Å²) >= 11 is 0. The van der Waals surface area contributed by atoms with E-state index in [0.29, 0.717) is 11.6 Å². The summed E-state index contributed by atoms with van der Waals surface area (Å²) in [6, 6.07) is 11.6. The van der Waals surface area contributed by atoms with Crippen molar-refractivity contribution < 1.29 is 0 Å². The van der Waals surface area contributed by atoms with E-state index in [0.717, 1.165) is 6.54 Å². The Morgan fingerprint density at radius 3 is 2.71 bits per heavy atom. The van der Waals surface area contributed by atoms with Crippen LogP contribution < -0.4 is 5.32 Å². The molecule has 2 saturated heterocycles. The first kappa shape index (κ1) is 15.0. The highest BCUT2D eigenvalue weighted by atomic mass is 15.3. The molecule has 2 aliphatic heterocycles. The summed E-state index contributed by atoms with van der Waals surface area (Å²) < 4.78 is 0. The van der Waals surface area contributed by atoms with Gasteiger partial charge < -0.3 is 10.2 Å². The lowest BCUT2D eigenvalue weighted by molar-refractivity contribution is 0.0626. The molecule has 116 valence electrons. The van der Waals surface area contributed by atoms with Gasteiger partial charge in [0.25, 0.3) is 0 Å². The van der Waals surface area contributed by atoms with E-state index in [2.05, 4.69) is 59.4 Å². The second-order valence-corrected chi connectivity index (χ2v) is 6.82. The average Bonchev–Trinajstić information content (AvgIpc) is 2.99. The Labute approximate surface area is 129 Å². The minimum absolute atomic E-state index is 0.350. The first-order valence-electron chi connectivity index (χ1n) is 8.45. The van der Waals surface area contributed by atoms with Crippen molar-refractivity contribution in [2.24, 2.45) is 0 Å². The van der Waals surface area contributed by atoms with E-state index >= 15 is 0 Å². The van der Waals surface area contributed by atoms with Gasteiger partial charge in [-0.25, -0.2) is 0 Å². The van der Waals surface area contributed by atoms with Crippen molar-refractivity contribution in [1.82, 2.24) is 15.1 Å². The van der Waals surface area contributed by atoms with Crippen LogP contribution in [0.25, 0.3) is 0 Å². The number of rotatable bonds is 4. The lowest BCUT2D eigenvalue weighted by atomic mass is 9.91. The van der Waals surface area contributed by atoms with Crippen LogP contribution in [0.1, 0.15) is 37.8 Å². The maximum absolute atomic E-state index is 3.80. The van der Waals surface area contributed by atoms with E-state index in [1.54, 1.807) is 0 Å².